The molecule has 0 amide bonds. The van der Waals surface area contributed by atoms with Crippen LogP contribution < -0.4 is 10.6 Å². The molecule has 7 heteroatoms. The van der Waals surface area contributed by atoms with Gasteiger partial charge in [0.05, 0.1) is 0 Å². The van der Waals surface area contributed by atoms with Crippen molar-refractivity contribution in [3.05, 3.63) is 47.0 Å². The topological polar surface area (TPSA) is 67.1 Å². The van der Waals surface area contributed by atoms with Gasteiger partial charge < -0.3 is 15.2 Å². The van der Waals surface area contributed by atoms with E-state index in [0.29, 0.717) is 0 Å². The lowest BCUT2D eigenvalue weighted by Crippen LogP contribution is -2.39. The minimum Gasteiger partial charge on any atom is -0.357 e. The molecule has 2 aromatic rings. The van der Waals surface area contributed by atoms with Gasteiger partial charge in [0.15, 0.2) is 5.96 Å². The molecule has 0 aliphatic heterocycles. The maximum atomic E-state index is 6.11. The molecule has 1 aromatic carbocycles. The largest absolute Gasteiger partial charge is 0.357 e. The Kier molecular flexibility index (Phi) is 8.10. The van der Waals surface area contributed by atoms with E-state index in [0.717, 1.165) is 55.8 Å². The normalized spacial score (nSPS) is 12.3. The number of nitrogens with zero attached hydrogens (tertiary/aromatic N) is 4. The second-order valence-corrected chi connectivity index (χ2v) is 7.82. The smallest absolute Gasteiger partial charge is 0.191 e. The average Bonchev–Trinajstić information content (AvgIpc) is 3.07. The van der Waals surface area contributed by atoms with Gasteiger partial charge in [-0.1, -0.05) is 44.5 Å². The van der Waals surface area contributed by atoms with E-state index < -0.39 is 0 Å². The van der Waals surface area contributed by atoms with Crippen LogP contribution >= 0.6 is 11.6 Å². The molecule has 2 rings (SSSR count). The third kappa shape index (κ3) is 7.21. The number of aromatic nitrogens is 3. The fourth-order valence-corrected chi connectivity index (χ4v) is 3.14. The summed E-state index contributed by atoms with van der Waals surface area (Å²) in [7, 11) is 0. The molecular weight excluding hydrogens is 360 g/mol. The molecule has 0 atom stereocenters. The van der Waals surface area contributed by atoms with Crippen LogP contribution in [0.4, 0.5) is 0 Å². The zero-order valence-corrected chi connectivity index (χ0v) is 17.6. The summed E-state index contributed by atoms with van der Waals surface area (Å²) in [6, 6.07) is 8.05. The van der Waals surface area contributed by atoms with E-state index in [9.17, 15) is 0 Å². The average molecular weight is 391 g/mol. The summed E-state index contributed by atoms with van der Waals surface area (Å²) in [5, 5.41) is 15.6. The number of halogens is 1. The second-order valence-electron chi connectivity index (χ2n) is 7.39. The molecule has 1 aromatic heterocycles. The first-order chi connectivity index (χ1) is 12.9. The second kappa shape index (κ2) is 10.3. The Balaban J connectivity index is 1.91. The van der Waals surface area contributed by atoms with Gasteiger partial charge >= 0.3 is 0 Å². The van der Waals surface area contributed by atoms with Crippen LogP contribution in [0.1, 0.15) is 39.1 Å². The Morgan fingerprint density at radius 3 is 2.78 bits per heavy atom. The van der Waals surface area contributed by atoms with Crippen LogP contribution in [0.2, 0.25) is 5.02 Å². The number of nitrogens with one attached hydrogen (secondary N) is 2. The minimum atomic E-state index is 0.0384. The molecule has 0 unspecified atom stereocenters. The first-order valence-corrected chi connectivity index (χ1v) is 9.94. The van der Waals surface area contributed by atoms with Gasteiger partial charge in [-0.25, -0.2) is 0 Å². The number of hydrogen-bond donors (Lipinski definition) is 2. The fourth-order valence-electron chi connectivity index (χ4n) is 2.92. The number of rotatable bonds is 9. The third-order valence-corrected chi connectivity index (χ3v) is 4.47. The predicted octanol–water partition coefficient (Wildman–Crippen LogP) is 3.32. The van der Waals surface area contributed by atoms with Crippen molar-refractivity contribution < 1.29 is 0 Å². The summed E-state index contributed by atoms with van der Waals surface area (Å²) >= 11 is 6.11. The maximum absolute atomic E-state index is 6.11. The third-order valence-electron chi connectivity index (χ3n) is 4.24. The highest BCUT2D eigenvalue weighted by atomic mass is 35.5. The van der Waals surface area contributed by atoms with Crippen molar-refractivity contribution in [1.82, 2.24) is 25.4 Å². The number of aryl methyl sites for hydroxylation is 1. The Hall–Kier alpha value is -2.08. The minimum absolute atomic E-state index is 0.0384. The van der Waals surface area contributed by atoms with Crippen LogP contribution in [0.25, 0.3) is 0 Å². The zero-order valence-electron chi connectivity index (χ0n) is 16.8. The van der Waals surface area contributed by atoms with E-state index in [1.165, 1.54) is 5.56 Å². The number of benzene rings is 1. The Morgan fingerprint density at radius 1 is 1.26 bits per heavy atom. The zero-order chi connectivity index (χ0) is 19.7. The SMILES string of the molecule is CCNC(=NCC(C)(C)Cc1cccc(Cl)c1)NCCn1cnnc1CC. The van der Waals surface area contributed by atoms with Crippen molar-refractivity contribution >= 4 is 17.6 Å². The molecule has 148 valence electrons. The van der Waals surface area contributed by atoms with E-state index in [-0.39, 0.29) is 5.41 Å². The van der Waals surface area contributed by atoms with Crippen molar-refractivity contribution in [2.75, 3.05) is 19.6 Å². The molecule has 0 fully saturated rings. The molecule has 0 radical (unpaired) electrons. The van der Waals surface area contributed by atoms with Gasteiger partial charge in [-0.05, 0) is 36.5 Å². The molecule has 0 aliphatic carbocycles. The highest BCUT2D eigenvalue weighted by Gasteiger charge is 2.18. The summed E-state index contributed by atoms with van der Waals surface area (Å²) in [5.41, 5.74) is 1.27. The van der Waals surface area contributed by atoms with Gasteiger partial charge in [-0.2, -0.15) is 0 Å². The lowest BCUT2D eigenvalue weighted by molar-refractivity contribution is 0.377. The maximum Gasteiger partial charge on any atom is 0.191 e. The summed E-state index contributed by atoms with van der Waals surface area (Å²) in [6.45, 7) is 11.7. The van der Waals surface area contributed by atoms with Crippen molar-refractivity contribution in [2.24, 2.45) is 10.4 Å². The van der Waals surface area contributed by atoms with E-state index in [2.05, 4.69) is 59.2 Å². The highest BCUT2D eigenvalue weighted by molar-refractivity contribution is 6.30. The Labute approximate surface area is 167 Å². The van der Waals surface area contributed by atoms with Gasteiger partial charge in [-0.15, -0.1) is 10.2 Å². The predicted molar refractivity (Wildman–Crippen MR) is 112 cm³/mol. The molecule has 0 saturated carbocycles. The number of guanidine groups is 1. The van der Waals surface area contributed by atoms with Gasteiger partial charge in [0, 0.05) is 37.6 Å². The molecule has 0 bridgehead atoms. The summed E-state index contributed by atoms with van der Waals surface area (Å²) in [6.07, 6.45) is 3.58. The van der Waals surface area contributed by atoms with E-state index in [1.807, 2.05) is 18.2 Å². The fraction of sp³-hybridized carbons (Fsp3) is 0.550. The van der Waals surface area contributed by atoms with Crippen LogP contribution in [-0.4, -0.2) is 40.4 Å². The van der Waals surface area contributed by atoms with Crippen LogP contribution in [-0.2, 0) is 19.4 Å². The quantitative estimate of drug-likeness (QED) is 0.509. The van der Waals surface area contributed by atoms with Crippen LogP contribution in [0, 0.1) is 5.41 Å². The molecule has 0 aliphatic rings. The molecular formula is C20H31ClN6. The lowest BCUT2D eigenvalue weighted by atomic mass is 9.86. The van der Waals surface area contributed by atoms with Crippen molar-refractivity contribution in [2.45, 2.75) is 47.1 Å². The summed E-state index contributed by atoms with van der Waals surface area (Å²) in [5.74, 6) is 1.84. The first kappa shape index (κ1) is 21.2. The molecule has 2 N–H and O–H groups in total. The Bertz CT molecular complexity index is 738. The van der Waals surface area contributed by atoms with Gasteiger partial charge in [0.1, 0.15) is 12.2 Å². The molecule has 6 nitrogen and oxygen atoms in total. The molecule has 0 saturated heterocycles. The summed E-state index contributed by atoms with van der Waals surface area (Å²) in [4.78, 5) is 4.79. The standard InChI is InChI=1S/C20H31ClN6/c1-5-18-26-25-15-27(18)11-10-23-19(22-6-2)24-14-20(3,4)13-16-8-7-9-17(21)12-16/h7-9,12,15H,5-6,10-11,13-14H2,1-4H3,(H2,22,23,24). The number of aliphatic imine (C=N–C) groups is 1. The summed E-state index contributed by atoms with van der Waals surface area (Å²) < 4.78 is 2.07. The highest BCUT2D eigenvalue weighted by Crippen LogP contribution is 2.23. The number of hydrogen-bond acceptors (Lipinski definition) is 3. The Morgan fingerprint density at radius 2 is 2.07 bits per heavy atom. The lowest BCUT2D eigenvalue weighted by Gasteiger charge is -2.23. The molecule has 27 heavy (non-hydrogen) atoms. The van der Waals surface area contributed by atoms with Crippen LogP contribution in [0.3, 0.4) is 0 Å². The monoisotopic (exact) mass is 390 g/mol. The first-order valence-electron chi connectivity index (χ1n) is 9.57. The van der Waals surface area contributed by atoms with Crippen LogP contribution in [0.5, 0.6) is 0 Å². The van der Waals surface area contributed by atoms with Gasteiger partial charge in [-0.3, -0.25) is 4.99 Å². The van der Waals surface area contributed by atoms with Crippen molar-refractivity contribution in [3.8, 4) is 0 Å². The van der Waals surface area contributed by atoms with E-state index in [4.69, 9.17) is 16.6 Å². The molecule has 0 spiro atoms. The van der Waals surface area contributed by atoms with E-state index in [1.54, 1.807) is 6.33 Å². The molecule has 1 heterocycles. The van der Waals surface area contributed by atoms with Gasteiger partial charge in [0.2, 0.25) is 0 Å². The van der Waals surface area contributed by atoms with E-state index >= 15 is 0 Å². The van der Waals surface area contributed by atoms with Gasteiger partial charge in [0.25, 0.3) is 0 Å². The van der Waals surface area contributed by atoms with Crippen molar-refractivity contribution in [1.29, 1.82) is 0 Å². The van der Waals surface area contributed by atoms with Crippen LogP contribution in [0.15, 0.2) is 35.6 Å². The van der Waals surface area contributed by atoms with Crippen molar-refractivity contribution in [3.63, 3.8) is 0 Å².